The fourth-order valence-electron chi connectivity index (χ4n) is 0.843. The molecule has 1 aliphatic carbocycles. The molecule has 54 valence electrons. The summed E-state index contributed by atoms with van der Waals surface area (Å²) in [5.74, 6) is 0.00579. The molecule has 2 nitrogen and oxygen atoms in total. The molecule has 1 rings (SSSR count). The van der Waals surface area contributed by atoms with E-state index >= 15 is 0 Å². The zero-order chi connectivity index (χ0) is 7.56. The monoisotopic (exact) mass is 158 g/mol. The van der Waals surface area contributed by atoms with Gasteiger partial charge in [0.05, 0.1) is 5.57 Å². The van der Waals surface area contributed by atoms with Crippen molar-refractivity contribution in [3.63, 3.8) is 0 Å². The number of hydrogen-bond acceptors (Lipinski definition) is 2. The Labute approximate surface area is 63.8 Å². The normalized spacial score (nSPS) is 17.7. The molecular formula is C7H7ClO2. The van der Waals surface area contributed by atoms with Crippen molar-refractivity contribution in [1.29, 1.82) is 0 Å². The highest BCUT2D eigenvalue weighted by Crippen LogP contribution is 2.17. The number of aliphatic hydroxyl groups excluding tert-OH is 1. The molecule has 0 radical (unpaired) electrons. The van der Waals surface area contributed by atoms with E-state index in [1.54, 1.807) is 12.2 Å². The van der Waals surface area contributed by atoms with Crippen LogP contribution in [-0.4, -0.2) is 10.3 Å². The molecule has 0 atom stereocenters. The molecule has 0 unspecified atom stereocenters. The van der Waals surface area contributed by atoms with Gasteiger partial charge in [-0.2, -0.15) is 0 Å². The molecule has 1 N–H and O–H groups in total. The van der Waals surface area contributed by atoms with Crippen LogP contribution in [0.4, 0.5) is 0 Å². The largest absolute Gasteiger partial charge is 0.507 e. The van der Waals surface area contributed by atoms with Gasteiger partial charge in [-0.15, -0.1) is 0 Å². The predicted octanol–water partition coefficient (Wildman–Crippen LogP) is 1.91. The van der Waals surface area contributed by atoms with Gasteiger partial charge in [-0.05, 0) is 30.5 Å². The van der Waals surface area contributed by atoms with Gasteiger partial charge in [-0.1, -0.05) is 6.08 Å². The van der Waals surface area contributed by atoms with Gasteiger partial charge in [0.2, 0.25) is 0 Å². The van der Waals surface area contributed by atoms with Crippen LogP contribution in [0, 0.1) is 0 Å². The molecule has 10 heavy (non-hydrogen) atoms. The van der Waals surface area contributed by atoms with Gasteiger partial charge in [0.1, 0.15) is 5.76 Å². The number of carbonyl (C=O) groups is 1. The first kappa shape index (κ1) is 7.35. The number of carbonyl (C=O) groups excluding carboxylic acids is 1. The van der Waals surface area contributed by atoms with Crippen LogP contribution in [0.1, 0.15) is 12.8 Å². The molecular weight excluding hydrogens is 152 g/mol. The number of allylic oxidation sites excluding steroid dienone is 3. The van der Waals surface area contributed by atoms with E-state index in [1.165, 1.54) is 0 Å². The molecule has 1 aliphatic rings. The molecule has 0 bridgehead atoms. The Morgan fingerprint density at radius 3 is 2.50 bits per heavy atom. The van der Waals surface area contributed by atoms with Gasteiger partial charge in [0.15, 0.2) is 0 Å². The second-order valence-electron chi connectivity index (χ2n) is 2.06. The summed E-state index contributed by atoms with van der Waals surface area (Å²) in [5.41, 5.74) is 0.230. The molecule has 0 spiro atoms. The van der Waals surface area contributed by atoms with E-state index < -0.39 is 5.24 Å². The van der Waals surface area contributed by atoms with Crippen LogP contribution in [0.5, 0.6) is 0 Å². The van der Waals surface area contributed by atoms with Crippen LogP contribution >= 0.6 is 11.6 Å². The summed E-state index contributed by atoms with van der Waals surface area (Å²) in [6.45, 7) is 0. The molecule has 0 amide bonds. The highest BCUT2D eigenvalue weighted by atomic mass is 35.5. The van der Waals surface area contributed by atoms with E-state index in [0.29, 0.717) is 0 Å². The summed E-state index contributed by atoms with van der Waals surface area (Å²) < 4.78 is 0. The van der Waals surface area contributed by atoms with Gasteiger partial charge < -0.3 is 5.11 Å². The van der Waals surface area contributed by atoms with Crippen LogP contribution in [0.3, 0.4) is 0 Å². The zero-order valence-corrected chi connectivity index (χ0v) is 6.06. The smallest absolute Gasteiger partial charge is 0.255 e. The minimum Gasteiger partial charge on any atom is -0.507 e. The van der Waals surface area contributed by atoms with Crippen molar-refractivity contribution < 1.29 is 9.90 Å². The van der Waals surface area contributed by atoms with E-state index in [2.05, 4.69) is 0 Å². The van der Waals surface area contributed by atoms with Crippen LogP contribution in [0.25, 0.3) is 0 Å². The van der Waals surface area contributed by atoms with Crippen LogP contribution < -0.4 is 0 Å². The zero-order valence-electron chi connectivity index (χ0n) is 5.30. The van der Waals surface area contributed by atoms with Crippen molar-refractivity contribution in [2.45, 2.75) is 12.8 Å². The van der Waals surface area contributed by atoms with Gasteiger partial charge in [0.25, 0.3) is 5.24 Å². The maximum atomic E-state index is 10.5. The van der Waals surface area contributed by atoms with E-state index in [0.717, 1.165) is 12.8 Å². The van der Waals surface area contributed by atoms with E-state index in [1.807, 2.05) is 0 Å². The minimum atomic E-state index is -0.589. The molecule has 0 fully saturated rings. The third-order valence-corrected chi connectivity index (χ3v) is 1.54. The first-order chi connectivity index (χ1) is 4.72. The second-order valence-corrected chi connectivity index (χ2v) is 2.40. The summed E-state index contributed by atoms with van der Waals surface area (Å²) in [5, 5.41) is 8.44. The third-order valence-electron chi connectivity index (χ3n) is 1.34. The van der Waals surface area contributed by atoms with Crippen molar-refractivity contribution >= 4 is 16.8 Å². The summed E-state index contributed by atoms with van der Waals surface area (Å²) in [4.78, 5) is 10.5. The average Bonchev–Trinajstić information content (AvgIpc) is 1.88. The van der Waals surface area contributed by atoms with Crippen molar-refractivity contribution in [2.75, 3.05) is 0 Å². The van der Waals surface area contributed by atoms with Gasteiger partial charge >= 0.3 is 0 Å². The summed E-state index contributed by atoms with van der Waals surface area (Å²) in [6, 6.07) is 0. The number of halogens is 1. The molecule has 0 heterocycles. The number of hydrogen-bond donors (Lipinski definition) is 1. The van der Waals surface area contributed by atoms with Crippen LogP contribution in [0.15, 0.2) is 23.5 Å². The lowest BCUT2D eigenvalue weighted by Crippen LogP contribution is -2.00. The first-order valence-corrected chi connectivity index (χ1v) is 3.39. The summed E-state index contributed by atoms with van der Waals surface area (Å²) in [6.07, 6.45) is 4.79. The van der Waals surface area contributed by atoms with Crippen molar-refractivity contribution in [3.05, 3.63) is 23.5 Å². The van der Waals surface area contributed by atoms with Gasteiger partial charge in [-0.25, -0.2) is 0 Å². The second kappa shape index (κ2) is 2.88. The predicted molar refractivity (Wildman–Crippen MR) is 38.9 cm³/mol. The molecule has 0 saturated carbocycles. The Morgan fingerprint density at radius 1 is 1.50 bits per heavy atom. The lowest BCUT2D eigenvalue weighted by Gasteiger charge is -2.05. The highest BCUT2D eigenvalue weighted by Gasteiger charge is 2.12. The summed E-state index contributed by atoms with van der Waals surface area (Å²) >= 11 is 5.14. The summed E-state index contributed by atoms with van der Waals surface area (Å²) in [7, 11) is 0. The van der Waals surface area contributed by atoms with Crippen LogP contribution in [-0.2, 0) is 4.79 Å². The minimum absolute atomic E-state index is 0.00579. The van der Waals surface area contributed by atoms with E-state index in [4.69, 9.17) is 16.7 Å². The van der Waals surface area contributed by atoms with E-state index in [-0.39, 0.29) is 11.3 Å². The van der Waals surface area contributed by atoms with Gasteiger partial charge in [-0.3, -0.25) is 4.79 Å². The Morgan fingerprint density at radius 2 is 2.10 bits per heavy atom. The number of aliphatic hydroxyl groups is 1. The maximum Gasteiger partial charge on any atom is 0.255 e. The SMILES string of the molecule is O=C(Cl)C1=CCCC=C1O. The van der Waals surface area contributed by atoms with Gasteiger partial charge in [0, 0.05) is 0 Å². The fraction of sp³-hybridized carbons (Fsp3) is 0.286. The molecule has 0 aromatic rings. The Bertz CT molecular complexity index is 216. The van der Waals surface area contributed by atoms with Crippen molar-refractivity contribution in [3.8, 4) is 0 Å². The Kier molecular flexibility index (Phi) is 2.12. The molecule has 0 aromatic carbocycles. The fourth-order valence-corrected chi connectivity index (χ4v) is 1.02. The standard InChI is InChI=1S/C7H7ClO2/c8-7(10)5-3-1-2-4-6(5)9/h3-4,9H,1-2H2. The Hall–Kier alpha value is -0.760. The molecule has 0 aliphatic heterocycles. The lowest BCUT2D eigenvalue weighted by molar-refractivity contribution is -0.108. The van der Waals surface area contributed by atoms with E-state index in [9.17, 15) is 4.79 Å². The van der Waals surface area contributed by atoms with Crippen LogP contribution in [0.2, 0.25) is 0 Å². The third kappa shape index (κ3) is 1.39. The lowest BCUT2D eigenvalue weighted by atomic mass is 10.1. The highest BCUT2D eigenvalue weighted by molar-refractivity contribution is 6.68. The number of rotatable bonds is 1. The molecule has 3 heteroatoms. The first-order valence-electron chi connectivity index (χ1n) is 3.01. The molecule has 0 aromatic heterocycles. The molecule has 0 saturated heterocycles. The van der Waals surface area contributed by atoms with Crippen molar-refractivity contribution in [2.24, 2.45) is 0 Å². The quantitative estimate of drug-likeness (QED) is 0.592. The topological polar surface area (TPSA) is 37.3 Å². The Balaban J connectivity index is 2.84. The van der Waals surface area contributed by atoms with Crippen molar-refractivity contribution in [1.82, 2.24) is 0 Å². The maximum absolute atomic E-state index is 10.5. The average molecular weight is 159 g/mol.